The molecule has 0 saturated carbocycles. The summed E-state index contributed by atoms with van der Waals surface area (Å²) in [5.74, 6) is 1.04. The summed E-state index contributed by atoms with van der Waals surface area (Å²) in [5, 5.41) is 7.64. The van der Waals surface area contributed by atoms with Gasteiger partial charge in [-0.1, -0.05) is 23.7 Å². The van der Waals surface area contributed by atoms with E-state index in [0.29, 0.717) is 11.7 Å². The van der Waals surface area contributed by atoms with Gasteiger partial charge in [-0.3, -0.25) is 0 Å². The van der Waals surface area contributed by atoms with Crippen molar-refractivity contribution in [1.82, 2.24) is 10.3 Å². The molecule has 0 atom stereocenters. The fourth-order valence-corrected chi connectivity index (χ4v) is 2.87. The largest absolute Gasteiger partial charge is 0.358 e. The summed E-state index contributed by atoms with van der Waals surface area (Å²) in [7, 11) is 0. The zero-order valence-corrected chi connectivity index (χ0v) is 14.3. The van der Waals surface area contributed by atoms with E-state index in [-0.39, 0.29) is 0 Å². The van der Waals surface area contributed by atoms with E-state index in [1.807, 2.05) is 42.6 Å². The van der Waals surface area contributed by atoms with Crippen molar-refractivity contribution in [2.75, 3.05) is 23.3 Å². The standard InChI is InChI=1S/C17H19ClN4S/c18-14-5-3-13(4-6-14)11-20-17(23)21-15-7-8-16(19-12-15)22-9-1-2-10-22/h3-8,12H,1-2,9-11H2,(H2,20,21,23). The molecule has 2 N–H and O–H groups in total. The van der Waals surface area contributed by atoms with E-state index in [0.717, 1.165) is 35.2 Å². The Labute approximate surface area is 146 Å². The van der Waals surface area contributed by atoms with Gasteiger partial charge in [0.1, 0.15) is 5.82 Å². The van der Waals surface area contributed by atoms with Crippen molar-refractivity contribution in [3.63, 3.8) is 0 Å². The van der Waals surface area contributed by atoms with Crippen LogP contribution in [0.25, 0.3) is 0 Å². The number of halogens is 1. The molecular weight excluding hydrogens is 328 g/mol. The molecule has 1 saturated heterocycles. The summed E-state index contributed by atoms with van der Waals surface area (Å²) in [4.78, 5) is 6.81. The second-order valence-electron chi connectivity index (χ2n) is 5.53. The predicted octanol–water partition coefficient (Wildman–Crippen LogP) is 3.82. The Morgan fingerprint density at radius 2 is 1.87 bits per heavy atom. The van der Waals surface area contributed by atoms with E-state index in [9.17, 15) is 0 Å². The molecule has 0 aliphatic carbocycles. The number of aromatic nitrogens is 1. The fraction of sp³-hybridized carbons (Fsp3) is 0.294. The van der Waals surface area contributed by atoms with E-state index < -0.39 is 0 Å². The SMILES string of the molecule is S=C(NCc1ccc(Cl)cc1)Nc1ccc(N2CCCC2)nc1. The van der Waals surface area contributed by atoms with E-state index in [1.165, 1.54) is 12.8 Å². The molecule has 1 aliphatic heterocycles. The minimum Gasteiger partial charge on any atom is -0.358 e. The lowest BCUT2D eigenvalue weighted by atomic mass is 10.2. The van der Waals surface area contributed by atoms with Crippen molar-refractivity contribution in [2.24, 2.45) is 0 Å². The number of hydrogen-bond acceptors (Lipinski definition) is 3. The maximum atomic E-state index is 5.87. The molecule has 0 unspecified atom stereocenters. The molecule has 23 heavy (non-hydrogen) atoms. The lowest BCUT2D eigenvalue weighted by molar-refractivity contribution is 0.924. The van der Waals surface area contributed by atoms with E-state index in [1.54, 1.807) is 0 Å². The smallest absolute Gasteiger partial charge is 0.171 e. The molecule has 3 rings (SSSR count). The van der Waals surface area contributed by atoms with Crippen LogP contribution >= 0.6 is 23.8 Å². The van der Waals surface area contributed by atoms with Crippen LogP contribution in [0.3, 0.4) is 0 Å². The van der Waals surface area contributed by atoms with Gasteiger partial charge in [0.25, 0.3) is 0 Å². The molecule has 0 bridgehead atoms. The van der Waals surface area contributed by atoms with E-state index in [2.05, 4.69) is 20.5 Å². The number of rotatable bonds is 4. The number of hydrogen-bond donors (Lipinski definition) is 2. The predicted molar refractivity (Wildman–Crippen MR) is 100 cm³/mol. The molecular formula is C17H19ClN4S. The Kier molecular flexibility index (Phi) is 5.31. The summed E-state index contributed by atoms with van der Waals surface area (Å²) < 4.78 is 0. The van der Waals surface area contributed by atoms with Gasteiger partial charge in [-0.15, -0.1) is 0 Å². The van der Waals surface area contributed by atoms with Crippen LogP contribution in [0.2, 0.25) is 5.02 Å². The van der Waals surface area contributed by atoms with Crippen LogP contribution < -0.4 is 15.5 Å². The van der Waals surface area contributed by atoms with Crippen LogP contribution in [0.15, 0.2) is 42.6 Å². The monoisotopic (exact) mass is 346 g/mol. The Balaban J connectivity index is 1.50. The van der Waals surface area contributed by atoms with Gasteiger partial charge in [-0.25, -0.2) is 4.98 Å². The third-order valence-electron chi connectivity index (χ3n) is 3.80. The molecule has 2 aromatic rings. The lowest BCUT2D eigenvalue weighted by Crippen LogP contribution is -2.28. The van der Waals surface area contributed by atoms with Crippen LogP contribution in [-0.4, -0.2) is 23.2 Å². The Bertz CT molecular complexity index is 651. The van der Waals surface area contributed by atoms with Crippen molar-refractivity contribution in [1.29, 1.82) is 0 Å². The molecule has 0 amide bonds. The summed E-state index contributed by atoms with van der Waals surface area (Å²) >= 11 is 11.2. The van der Waals surface area contributed by atoms with Gasteiger partial charge < -0.3 is 15.5 Å². The van der Waals surface area contributed by atoms with Crippen molar-refractivity contribution < 1.29 is 0 Å². The van der Waals surface area contributed by atoms with Gasteiger partial charge in [-0.05, 0) is 54.9 Å². The molecule has 0 radical (unpaired) electrons. The maximum absolute atomic E-state index is 5.87. The first kappa shape index (κ1) is 16.0. The quantitative estimate of drug-likeness (QED) is 0.823. The van der Waals surface area contributed by atoms with Crippen LogP contribution in [0, 0.1) is 0 Å². The highest BCUT2D eigenvalue weighted by Crippen LogP contribution is 2.19. The van der Waals surface area contributed by atoms with E-state index in [4.69, 9.17) is 23.8 Å². The number of pyridine rings is 1. The van der Waals surface area contributed by atoms with Gasteiger partial charge in [0.2, 0.25) is 0 Å². The van der Waals surface area contributed by atoms with E-state index >= 15 is 0 Å². The molecule has 1 aromatic carbocycles. The molecule has 120 valence electrons. The molecule has 2 heterocycles. The maximum Gasteiger partial charge on any atom is 0.171 e. The van der Waals surface area contributed by atoms with Gasteiger partial charge >= 0.3 is 0 Å². The van der Waals surface area contributed by atoms with Crippen molar-refractivity contribution >= 4 is 40.4 Å². The van der Waals surface area contributed by atoms with Crippen molar-refractivity contribution in [3.05, 3.63) is 53.2 Å². The summed E-state index contributed by atoms with van der Waals surface area (Å²) in [5.41, 5.74) is 2.02. The van der Waals surface area contributed by atoms with Crippen LogP contribution in [0.1, 0.15) is 18.4 Å². The van der Waals surface area contributed by atoms with Crippen molar-refractivity contribution in [3.8, 4) is 0 Å². The fourth-order valence-electron chi connectivity index (χ4n) is 2.55. The number of nitrogens with one attached hydrogen (secondary N) is 2. The number of benzene rings is 1. The Hall–Kier alpha value is -1.85. The Morgan fingerprint density at radius 1 is 1.13 bits per heavy atom. The first-order valence-corrected chi connectivity index (χ1v) is 8.50. The molecule has 6 heteroatoms. The second-order valence-corrected chi connectivity index (χ2v) is 6.38. The molecule has 1 fully saturated rings. The van der Waals surface area contributed by atoms with Crippen molar-refractivity contribution in [2.45, 2.75) is 19.4 Å². The van der Waals surface area contributed by atoms with Crippen LogP contribution in [0.4, 0.5) is 11.5 Å². The third-order valence-corrected chi connectivity index (χ3v) is 4.30. The number of nitrogens with zero attached hydrogens (tertiary/aromatic N) is 2. The topological polar surface area (TPSA) is 40.2 Å². The minimum absolute atomic E-state index is 0.579. The van der Waals surface area contributed by atoms with Crippen LogP contribution in [0.5, 0.6) is 0 Å². The molecule has 0 spiro atoms. The summed E-state index contributed by atoms with van der Waals surface area (Å²) in [6, 6.07) is 11.7. The van der Waals surface area contributed by atoms with Gasteiger partial charge in [0.05, 0.1) is 11.9 Å². The van der Waals surface area contributed by atoms with Gasteiger partial charge in [-0.2, -0.15) is 0 Å². The highest BCUT2D eigenvalue weighted by molar-refractivity contribution is 7.80. The van der Waals surface area contributed by atoms with Gasteiger partial charge in [0.15, 0.2) is 5.11 Å². The Morgan fingerprint density at radius 3 is 2.52 bits per heavy atom. The molecule has 1 aromatic heterocycles. The lowest BCUT2D eigenvalue weighted by Gasteiger charge is -2.16. The highest BCUT2D eigenvalue weighted by atomic mass is 35.5. The van der Waals surface area contributed by atoms with Crippen LogP contribution in [-0.2, 0) is 6.54 Å². The number of thiocarbonyl (C=S) groups is 1. The van der Waals surface area contributed by atoms with Gasteiger partial charge in [0, 0.05) is 24.7 Å². The molecule has 1 aliphatic rings. The normalized spacial score (nSPS) is 13.9. The summed E-state index contributed by atoms with van der Waals surface area (Å²) in [6.07, 6.45) is 4.32. The number of anilines is 2. The zero-order chi connectivity index (χ0) is 16.1. The zero-order valence-electron chi connectivity index (χ0n) is 12.8. The average molecular weight is 347 g/mol. The second kappa shape index (κ2) is 7.62. The molecule has 4 nitrogen and oxygen atoms in total. The summed E-state index contributed by atoms with van der Waals surface area (Å²) in [6.45, 7) is 2.85. The first-order chi connectivity index (χ1) is 11.2. The highest BCUT2D eigenvalue weighted by Gasteiger charge is 2.12. The minimum atomic E-state index is 0.579. The first-order valence-electron chi connectivity index (χ1n) is 7.71. The average Bonchev–Trinajstić information content (AvgIpc) is 3.09. The third kappa shape index (κ3) is 4.56.